The van der Waals surface area contributed by atoms with Gasteiger partial charge in [0.2, 0.25) is 11.8 Å². The van der Waals surface area contributed by atoms with Crippen LogP contribution in [0.2, 0.25) is 5.02 Å². The first-order valence-electron chi connectivity index (χ1n) is 13.0. The molecule has 0 saturated carbocycles. The van der Waals surface area contributed by atoms with Crippen LogP contribution in [-0.2, 0) is 9.59 Å². The lowest BCUT2D eigenvalue weighted by Gasteiger charge is -2.51. The third kappa shape index (κ3) is 3.23. The van der Waals surface area contributed by atoms with E-state index in [9.17, 15) is 14.4 Å². The van der Waals surface area contributed by atoms with Gasteiger partial charge in [0.05, 0.1) is 17.0 Å². The van der Waals surface area contributed by atoms with Crippen molar-refractivity contribution in [3.8, 4) is 0 Å². The first kappa shape index (κ1) is 23.9. The lowest BCUT2D eigenvalue weighted by Crippen LogP contribution is -2.49. The van der Waals surface area contributed by atoms with E-state index >= 15 is 0 Å². The summed E-state index contributed by atoms with van der Waals surface area (Å²) in [5.74, 6) is -1.73. The number of rotatable bonds is 3. The molecule has 8 rings (SSSR count). The van der Waals surface area contributed by atoms with Crippen LogP contribution in [0.15, 0.2) is 91.0 Å². The molecule has 3 amide bonds. The van der Waals surface area contributed by atoms with Crippen molar-refractivity contribution in [2.24, 2.45) is 11.3 Å². The predicted molar refractivity (Wildman–Crippen MR) is 151 cm³/mol. The summed E-state index contributed by atoms with van der Waals surface area (Å²) in [7, 11) is 0. The number of anilines is 2. The quantitative estimate of drug-likeness (QED) is 0.299. The number of carbonyl (C=O) groups is 3. The van der Waals surface area contributed by atoms with Crippen molar-refractivity contribution >= 4 is 40.7 Å². The number of hydrogen-bond donors (Lipinski definition) is 1. The summed E-state index contributed by atoms with van der Waals surface area (Å²) >= 11 is 6.13. The molecule has 0 aromatic heterocycles. The summed E-state index contributed by atoms with van der Waals surface area (Å²) in [6.07, 6.45) is 0. The molecule has 1 fully saturated rings. The normalized spacial score (nSPS) is 24.3. The Bertz CT molecular complexity index is 1680. The van der Waals surface area contributed by atoms with Crippen molar-refractivity contribution in [3.05, 3.63) is 129 Å². The van der Waals surface area contributed by atoms with Gasteiger partial charge in [-0.25, -0.2) is 4.90 Å². The topological polar surface area (TPSA) is 66.5 Å². The molecular formula is C33H25ClN2O3. The van der Waals surface area contributed by atoms with E-state index in [-0.39, 0.29) is 29.6 Å². The van der Waals surface area contributed by atoms with Gasteiger partial charge in [0.25, 0.3) is 5.91 Å². The maximum Gasteiger partial charge on any atom is 0.255 e. The van der Waals surface area contributed by atoms with Gasteiger partial charge in [0.15, 0.2) is 0 Å². The van der Waals surface area contributed by atoms with E-state index in [2.05, 4.69) is 29.6 Å². The lowest BCUT2D eigenvalue weighted by molar-refractivity contribution is -0.128. The number of aryl methyl sites for hydroxylation is 1. The summed E-state index contributed by atoms with van der Waals surface area (Å²) in [6.45, 7) is 3.83. The van der Waals surface area contributed by atoms with Gasteiger partial charge >= 0.3 is 0 Å². The van der Waals surface area contributed by atoms with Crippen molar-refractivity contribution in [2.75, 3.05) is 10.2 Å². The Morgan fingerprint density at radius 1 is 0.846 bits per heavy atom. The van der Waals surface area contributed by atoms with Gasteiger partial charge in [0, 0.05) is 28.1 Å². The number of amides is 3. The van der Waals surface area contributed by atoms with Crippen LogP contribution in [0, 0.1) is 18.3 Å². The van der Waals surface area contributed by atoms with Gasteiger partial charge in [-0.2, -0.15) is 0 Å². The van der Waals surface area contributed by atoms with Gasteiger partial charge in [-0.05, 0) is 72.0 Å². The van der Waals surface area contributed by atoms with Crippen LogP contribution < -0.4 is 10.2 Å². The zero-order valence-electron chi connectivity index (χ0n) is 21.4. The average molecular weight is 533 g/mol. The van der Waals surface area contributed by atoms with Crippen LogP contribution in [0.4, 0.5) is 11.4 Å². The van der Waals surface area contributed by atoms with Gasteiger partial charge in [-0.3, -0.25) is 14.4 Å². The van der Waals surface area contributed by atoms with E-state index in [4.69, 9.17) is 11.6 Å². The van der Waals surface area contributed by atoms with Crippen LogP contribution in [0.1, 0.15) is 56.9 Å². The fourth-order valence-electron chi connectivity index (χ4n) is 7.07. The minimum absolute atomic E-state index is 0.203. The number of hydrogen-bond acceptors (Lipinski definition) is 3. The maximum atomic E-state index is 14.3. The van der Waals surface area contributed by atoms with Crippen molar-refractivity contribution in [2.45, 2.75) is 25.7 Å². The number of imide groups is 1. The van der Waals surface area contributed by atoms with Crippen molar-refractivity contribution in [1.29, 1.82) is 0 Å². The first-order chi connectivity index (χ1) is 18.8. The van der Waals surface area contributed by atoms with Crippen LogP contribution in [0.5, 0.6) is 0 Å². The Balaban J connectivity index is 1.29. The van der Waals surface area contributed by atoms with E-state index in [1.165, 1.54) is 4.90 Å². The molecule has 4 aliphatic rings. The number of carbonyl (C=O) groups excluding carboxylic acids is 3. The first-order valence-corrected chi connectivity index (χ1v) is 13.4. The molecule has 2 bridgehead atoms. The second-order valence-electron chi connectivity index (χ2n) is 10.9. The second kappa shape index (κ2) is 8.39. The second-order valence-corrected chi connectivity index (χ2v) is 11.3. The fraction of sp³-hybridized carbons (Fsp3) is 0.182. The summed E-state index contributed by atoms with van der Waals surface area (Å²) in [4.78, 5) is 43.0. The molecule has 0 spiro atoms. The molecule has 1 heterocycles. The average Bonchev–Trinajstić information content (AvgIpc) is 3.15. The van der Waals surface area contributed by atoms with Gasteiger partial charge in [-0.1, -0.05) is 72.3 Å². The highest BCUT2D eigenvalue weighted by molar-refractivity contribution is 6.31. The predicted octanol–water partition coefficient (Wildman–Crippen LogP) is 6.69. The van der Waals surface area contributed by atoms with E-state index in [1.807, 2.05) is 44.2 Å². The smallest absolute Gasteiger partial charge is 0.255 e. The van der Waals surface area contributed by atoms with E-state index in [0.717, 1.165) is 27.8 Å². The Morgan fingerprint density at radius 3 is 2.15 bits per heavy atom. The van der Waals surface area contributed by atoms with Crippen LogP contribution >= 0.6 is 11.6 Å². The molecule has 6 heteroatoms. The highest BCUT2D eigenvalue weighted by Crippen LogP contribution is 2.67. The van der Waals surface area contributed by atoms with Crippen LogP contribution in [0.25, 0.3) is 0 Å². The molecule has 5 nitrogen and oxygen atoms in total. The number of benzene rings is 4. The van der Waals surface area contributed by atoms with E-state index in [1.54, 1.807) is 36.4 Å². The molecule has 4 aromatic carbocycles. The van der Waals surface area contributed by atoms with Crippen molar-refractivity contribution < 1.29 is 14.4 Å². The third-order valence-electron chi connectivity index (χ3n) is 8.83. The molecule has 39 heavy (non-hydrogen) atoms. The Kier molecular flexibility index (Phi) is 5.13. The van der Waals surface area contributed by atoms with Crippen molar-refractivity contribution in [3.63, 3.8) is 0 Å². The molecule has 4 aromatic rings. The Hall–Kier alpha value is -4.22. The summed E-state index contributed by atoms with van der Waals surface area (Å²) < 4.78 is 0. The lowest BCUT2D eigenvalue weighted by atomic mass is 9.48. The van der Waals surface area contributed by atoms with Crippen molar-refractivity contribution in [1.82, 2.24) is 0 Å². The molecule has 1 N–H and O–H groups in total. The molecule has 0 unspecified atom stereocenters. The number of nitrogens with zero attached hydrogens (tertiary/aromatic N) is 1. The standard InChI is InChI=1S/C33H25ClN2O3/c1-18-14-15-20(34)17-26(18)35-30(37)19-8-7-9-21(16-19)36-31(38)29-27-22-10-3-5-12-24(22)28(33(29,2)32(36)39)25-13-6-4-11-23(25)27/h3-17,27-29H,1-2H3,(H,35,37)/t27?,28?,29-,33+/m0/s1. The highest BCUT2D eigenvalue weighted by Gasteiger charge is 2.68. The Labute approximate surface area is 231 Å². The third-order valence-corrected chi connectivity index (χ3v) is 9.06. The zero-order valence-corrected chi connectivity index (χ0v) is 22.2. The monoisotopic (exact) mass is 532 g/mol. The zero-order chi connectivity index (χ0) is 27.1. The van der Waals surface area contributed by atoms with E-state index in [0.29, 0.717) is 22.0 Å². The van der Waals surface area contributed by atoms with Gasteiger partial charge < -0.3 is 5.32 Å². The summed E-state index contributed by atoms with van der Waals surface area (Å²) in [6, 6.07) is 28.4. The number of halogens is 1. The SMILES string of the molecule is Cc1ccc(Cl)cc1NC(=O)c1cccc(N2C(=O)[C@@H]3C4c5ccccc5C(c5ccccc54)[C@@]3(C)C2=O)c1. The maximum absolute atomic E-state index is 14.3. The van der Waals surface area contributed by atoms with Gasteiger partial charge in [-0.15, -0.1) is 0 Å². The fourth-order valence-corrected chi connectivity index (χ4v) is 7.24. The molecule has 1 aliphatic heterocycles. The Morgan fingerprint density at radius 2 is 1.49 bits per heavy atom. The minimum Gasteiger partial charge on any atom is -0.322 e. The number of nitrogens with one attached hydrogen (secondary N) is 1. The molecule has 2 atom stereocenters. The molecule has 1 saturated heterocycles. The largest absolute Gasteiger partial charge is 0.322 e. The van der Waals surface area contributed by atoms with Crippen LogP contribution in [0.3, 0.4) is 0 Å². The molecule has 192 valence electrons. The summed E-state index contributed by atoms with van der Waals surface area (Å²) in [5.41, 5.74) is 5.79. The van der Waals surface area contributed by atoms with Gasteiger partial charge in [0.1, 0.15) is 0 Å². The summed E-state index contributed by atoms with van der Waals surface area (Å²) in [5, 5.41) is 3.42. The molecule has 3 aliphatic carbocycles. The highest BCUT2D eigenvalue weighted by atomic mass is 35.5. The molecule has 0 radical (unpaired) electrons. The van der Waals surface area contributed by atoms with Crippen LogP contribution in [-0.4, -0.2) is 17.7 Å². The van der Waals surface area contributed by atoms with E-state index < -0.39 is 11.3 Å². The minimum atomic E-state index is -0.930. The molecular weight excluding hydrogens is 508 g/mol.